The minimum Gasteiger partial charge on any atom is -0.323 e. The molecule has 8 nitrogen and oxygen atoms in total. The van der Waals surface area contributed by atoms with E-state index in [-0.39, 0.29) is 12.5 Å². The zero-order valence-corrected chi connectivity index (χ0v) is 16.9. The van der Waals surface area contributed by atoms with Gasteiger partial charge in [0, 0.05) is 5.92 Å². The monoisotopic (exact) mass is 401 g/mol. The number of urea groups is 1. The predicted octanol–water partition coefficient (Wildman–Crippen LogP) is 2.54. The van der Waals surface area contributed by atoms with E-state index in [2.05, 4.69) is 20.8 Å². The van der Waals surface area contributed by atoms with Gasteiger partial charge in [0.15, 0.2) is 0 Å². The maximum Gasteiger partial charge on any atom is 0.325 e. The Morgan fingerprint density at radius 2 is 1.96 bits per heavy atom. The van der Waals surface area contributed by atoms with E-state index >= 15 is 0 Å². The van der Waals surface area contributed by atoms with Gasteiger partial charge in [0.2, 0.25) is 11.0 Å². The molecule has 0 bridgehead atoms. The number of hydrogen-bond donors (Lipinski definition) is 2. The van der Waals surface area contributed by atoms with E-state index in [9.17, 15) is 14.4 Å². The minimum atomic E-state index is -1.03. The van der Waals surface area contributed by atoms with Crippen molar-refractivity contribution >= 4 is 34.3 Å². The lowest BCUT2D eigenvalue weighted by molar-refractivity contribution is -0.133. The second kappa shape index (κ2) is 8.05. The van der Waals surface area contributed by atoms with E-state index in [1.165, 1.54) is 11.3 Å². The van der Waals surface area contributed by atoms with Crippen LogP contribution < -0.4 is 10.6 Å². The highest BCUT2D eigenvalue weighted by atomic mass is 32.1. The Morgan fingerprint density at radius 1 is 1.25 bits per heavy atom. The Hall–Kier alpha value is -2.81. The Morgan fingerprint density at radius 3 is 2.61 bits per heavy atom. The lowest BCUT2D eigenvalue weighted by atomic mass is 9.93. The topological polar surface area (TPSA) is 104 Å². The third-order valence-corrected chi connectivity index (χ3v) is 5.72. The number of aromatic nitrogens is 2. The summed E-state index contributed by atoms with van der Waals surface area (Å²) in [7, 11) is 0. The van der Waals surface area contributed by atoms with E-state index in [4.69, 9.17) is 0 Å². The number of anilines is 1. The van der Waals surface area contributed by atoms with Crippen LogP contribution in [0.5, 0.6) is 0 Å². The normalized spacial score (nSPS) is 19.2. The Kier molecular flexibility index (Phi) is 5.73. The van der Waals surface area contributed by atoms with Gasteiger partial charge < -0.3 is 5.32 Å². The summed E-state index contributed by atoms with van der Waals surface area (Å²) in [6, 6.07) is 9.18. The zero-order valence-electron chi connectivity index (χ0n) is 16.1. The number of rotatable bonds is 7. The van der Waals surface area contributed by atoms with Crippen LogP contribution in [-0.4, -0.2) is 45.0 Å². The second-order valence-corrected chi connectivity index (χ2v) is 8.30. The zero-order chi connectivity index (χ0) is 20.3. The molecule has 1 fully saturated rings. The number of amides is 4. The molecule has 3 rings (SSSR count). The summed E-state index contributed by atoms with van der Waals surface area (Å²) in [6.45, 7) is 5.29. The van der Waals surface area contributed by atoms with Gasteiger partial charge in [0.25, 0.3) is 5.91 Å². The van der Waals surface area contributed by atoms with Gasteiger partial charge in [-0.25, -0.2) is 4.79 Å². The van der Waals surface area contributed by atoms with Crippen LogP contribution >= 0.6 is 11.3 Å². The summed E-state index contributed by atoms with van der Waals surface area (Å²) in [6.07, 6.45) is 1.10. The van der Waals surface area contributed by atoms with Crippen molar-refractivity contribution < 1.29 is 14.4 Å². The number of imide groups is 1. The lowest BCUT2D eigenvalue weighted by Gasteiger charge is -2.21. The summed E-state index contributed by atoms with van der Waals surface area (Å²) in [4.78, 5) is 38.3. The maximum absolute atomic E-state index is 12.8. The number of carbonyl (C=O) groups excluding carboxylic acids is 3. The first-order chi connectivity index (χ1) is 13.3. The van der Waals surface area contributed by atoms with Crippen molar-refractivity contribution in [3.05, 3.63) is 40.9 Å². The molecule has 1 unspecified atom stereocenters. The predicted molar refractivity (Wildman–Crippen MR) is 106 cm³/mol. The minimum absolute atomic E-state index is 0.208. The van der Waals surface area contributed by atoms with E-state index < -0.39 is 23.4 Å². The van der Waals surface area contributed by atoms with Crippen molar-refractivity contribution in [1.29, 1.82) is 0 Å². The fourth-order valence-corrected chi connectivity index (χ4v) is 3.68. The number of carbonyl (C=O) groups is 3. The molecule has 2 aromatic rings. The molecule has 0 aliphatic carbocycles. The molecule has 2 heterocycles. The molecule has 1 aromatic carbocycles. The molecular weight excluding hydrogens is 378 g/mol. The van der Waals surface area contributed by atoms with Crippen LogP contribution in [-0.2, 0) is 16.0 Å². The second-order valence-electron chi connectivity index (χ2n) is 7.29. The number of aryl methyl sites for hydroxylation is 1. The van der Waals surface area contributed by atoms with Crippen LogP contribution in [0.3, 0.4) is 0 Å². The third kappa shape index (κ3) is 4.36. The molecule has 0 radical (unpaired) electrons. The molecular formula is C19H23N5O3S. The first-order valence-corrected chi connectivity index (χ1v) is 9.91. The summed E-state index contributed by atoms with van der Waals surface area (Å²) < 4.78 is 0. The average Bonchev–Trinajstić information content (AvgIpc) is 3.20. The average molecular weight is 401 g/mol. The van der Waals surface area contributed by atoms with Gasteiger partial charge in [-0.15, -0.1) is 10.2 Å². The van der Waals surface area contributed by atoms with E-state index in [0.29, 0.717) is 18.0 Å². The van der Waals surface area contributed by atoms with E-state index in [0.717, 1.165) is 15.5 Å². The highest BCUT2D eigenvalue weighted by molar-refractivity contribution is 7.15. The fourth-order valence-electron chi connectivity index (χ4n) is 2.92. The van der Waals surface area contributed by atoms with Gasteiger partial charge in [-0.1, -0.05) is 55.5 Å². The van der Waals surface area contributed by atoms with Crippen LogP contribution in [0.4, 0.5) is 9.93 Å². The molecule has 1 aliphatic rings. The van der Waals surface area contributed by atoms with Gasteiger partial charge in [0.1, 0.15) is 17.1 Å². The summed E-state index contributed by atoms with van der Waals surface area (Å²) in [5.41, 5.74) is 0.0556. The van der Waals surface area contributed by atoms with Gasteiger partial charge in [-0.05, 0) is 25.3 Å². The van der Waals surface area contributed by atoms with Crippen LogP contribution in [0.25, 0.3) is 0 Å². The molecule has 1 aliphatic heterocycles. The van der Waals surface area contributed by atoms with Crippen molar-refractivity contribution in [3.63, 3.8) is 0 Å². The molecule has 2 N–H and O–H groups in total. The van der Waals surface area contributed by atoms with Gasteiger partial charge in [-0.3, -0.25) is 19.8 Å². The highest BCUT2D eigenvalue weighted by Gasteiger charge is 2.47. The SMILES string of the molecule is CC(C)c1nnc(NC(=O)CN2C(=O)NC(C)(CCc3ccccc3)C2=O)s1. The summed E-state index contributed by atoms with van der Waals surface area (Å²) in [5.74, 6) is -0.676. The standard InChI is InChI=1S/C19H23N5O3S/c1-12(2)15-22-23-17(28-15)20-14(25)11-24-16(26)19(3,21-18(24)27)10-9-13-7-5-4-6-8-13/h4-8,12H,9-11H2,1-3H3,(H,21,27)(H,20,23,25). The molecule has 1 aromatic heterocycles. The van der Waals surface area contributed by atoms with E-state index in [1.54, 1.807) is 6.92 Å². The van der Waals surface area contributed by atoms with E-state index in [1.807, 2.05) is 44.2 Å². The Bertz CT molecular complexity index is 883. The summed E-state index contributed by atoms with van der Waals surface area (Å²) >= 11 is 1.28. The van der Waals surface area contributed by atoms with Gasteiger partial charge >= 0.3 is 6.03 Å². The molecule has 0 spiro atoms. The lowest BCUT2D eigenvalue weighted by Crippen LogP contribution is -2.45. The van der Waals surface area contributed by atoms with Crippen molar-refractivity contribution in [1.82, 2.24) is 20.4 Å². The van der Waals surface area contributed by atoms with Crippen LogP contribution in [0.1, 0.15) is 43.7 Å². The molecule has 1 saturated heterocycles. The van der Waals surface area contributed by atoms with Crippen LogP contribution in [0, 0.1) is 0 Å². The van der Waals surface area contributed by atoms with Crippen molar-refractivity contribution in [2.75, 3.05) is 11.9 Å². The molecule has 4 amide bonds. The maximum atomic E-state index is 12.8. The van der Waals surface area contributed by atoms with Crippen molar-refractivity contribution in [2.45, 2.75) is 45.1 Å². The highest BCUT2D eigenvalue weighted by Crippen LogP contribution is 2.24. The quantitative estimate of drug-likeness (QED) is 0.694. The van der Waals surface area contributed by atoms with Gasteiger partial charge in [-0.2, -0.15) is 0 Å². The molecule has 0 saturated carbocycles. The first kappa shape index (κ1) is 19.9. The molecule has 148 valence electrons. The molecule has 1 atom stereocenters. The number of nitrogens with zero attached hydrogens (tertiary/aromatic N) is 3. The molecule has 9 heteroatoms. The van der Waals surface area contributed by atoms with Gasteiger partial charge in [0.05, 0.1) is 0 Å². The fraction of sp³-hybridized carbons (Fsp3) is 0.421. The largest absolute Gasteiger partial charge is 0.325 e. The third-order valence-electron chi connectivity index (χ3n) is 4.58. The van der Waals surface area contributed by atoms with Crippen molar-refractivity contribution in [3.8, 4) is 0 Å². The van der Waals surface area contributed by atoms with Crippen LogP contribution in [0.2, 0.25) is 0 Å². The van der Waals surface area contributed by atoms with Crippen molar-refractivity contribution in [2.24, 2.45) is 0 Å². The molecule has 28 heavy (non-hydrogen) atoms. The Balaban J connectivity index is 1.60. The van der Waals surface area contributed by atoms with Crippen LogP contribution in [0.15, 0.2) is 30.3 Å². The first-order valence-electron chi connectivity index (χ1n) is 9.10. The number of hydrogen-bond acceptors (Lipinski definition) is 6. The summed E-state index contributed by atoms with van der Waals surface area (Å²) in [5, 5.41) is 14.4. The Labute approximate surface area is 167 Å². The number of nitrogens with one attached hydrogen (secondary N) is 2. The smallest absolute Gasteiger partial charge is 0.323 e. The number of benzene rings is 1.